The number of hydrogen-bond donors (Lipinski definition) is 1. The lowest BCUT2D eigenvalue weighted by Crippen LogP contribution is -2.29. The fourth-order valence-electron chi connectivity index (χ4n) is 4.38. The van der Waals surface area contributed by atoms with Crippen molar-refractivity contribution in [3.05, 3.63) is 64.8 Å². The second-order valence-corrected chi connectivity index (χ2v) is 7.50. The Balaban J connectivity index is 1.69. The molecule has 1 fully saturated rings. The third-order valence-electron chi connectivity index (χ3n) is 5.98. The van der Waals surface area contributed by atoms with Gasteiger partial charge in [-0.15, -0.1) is 0 Å². The second kappa shape index (κ2) is 4.94. The molecule has 0 bridgehead atoms. The molecule has 0 radical (unpaired) electrons. The lowest BCUT2D eigenvalue weighted by molar-refractivity contribution is 0.366. The maximum absolute atomic E-state index is 6.72. The molecule has 0 unspecified atom stereocenters. The van der Waals surface area contributed by atoms with Crippen LogP contribution in [-0.4, -0.2) is 10.1 Å². The summed E-state index contributed by atoms with van der Waals surface area (Å²) < 4.78 is 5.29. The predicted molar refractivity (Wildman–Crippen MR) is 97.3 cm³/mol. The standard InChI is InChI=1S/C21H21N3O/c1-12-23-20(24-25-12)21(2,14-7-8-14)18-10-9-16-15-6-4-3-5-13(15)11-17(16)19(18)22/h3-6,9-10,14H,7-8,11,22H2,1-2H3/t21-/m0/s1. The molecule has 1 aromatic heterocycles. The molecule has 0 amide bonds. The number of nitrogen functional groups attached to an aromatic ring is 1. The molecule has 2 aliphatic carbocycles. The summed E-state index contributed by atoms with van der Waals surface area (Å²) in [6.07, 6.45) is 3.26. The van der Waals surface area contributed by atoms with Gasteiger partial charge in [-0.1, -0.05) is 41.6 Å². The van der Waals surface area contributed by atoms with Gasteiger partial charge in [0.15, 0.2) is 5.82 Å². The Labute approximate surface area is 147 Å². The molecule has 1 atom stereocenters. The SMILES string of the molecule is Cc1nc([C@](C)(c2ccc3c(c2N)Cc2ccccc2-3)C2CC2)no1. The molecule has 4 nitrogen and oxygen atoms in total. The smallest absolute Gasteiger partial charge is 0.223 e. The molecule has 2 aliphatic rings. The summed E-state index contributed by atoms with van der Waals surface area (Å²) in [4.78, 5) is 4.56. The Morgan fingerprint density at radius 1 is 1.12 bits per heavy atom. The maximum Gasteiger partial charge on any atom is 0.223 e. The predicted octanol–water partition coefficient (Wildman–Crippen LogP) is 4.25. The van der Waals surface area contributed by atoms with Crippen molar-refractivity contribution in [1.82, 2.24) is 10.1 Å². The normalized spacial score (nSPS) is 17.8. The molecular weight excluding hydrogens is 310 g/mol. The number of rotatable bonds is 3. The van der Waals surface area contributed by atoms with Crippen LogP contribution in [0.15, 0.2) is 40.9 Å². The van der Waals surface area contributed by atoms with Crippen LogP contribution in [0, 0.1) is 12.8 Å². The van der Waals surface area contributed by atoms with Crippen molar-refractivity contribution in [3.63, 3.8) is 0 Å². The first-order valence-corrected chi connectivity index (χ1v) is 8.90. The topological polar surface area (TPSA) is 64.9 Å². The van der Waals surface area contributed by atoms with Gasteiger partial charge < -0.3 is 10.3 Å². The van der Waals surface area contributed by atoms with Crippen molar-refractivity contribution in [1.29, 1.82) is 0 Å². The summed E-state index contributed by atoms with van der Waals surface area (Å²) >= 11 is 0. The molecule has 0 spiro atoms. The van der Waals surface area contributed by atoms with Crippen LogP contribution in [0.2, 0.25) is 0 Å². The number of nitrogens with zero attached hydrogens (tertiary/aromatic N) is 2. The molecular formula is C21H21N3O. The van der Waals surface area contributed by atoms with E-state index in [0.717, 1.165) is 23.5 Å². The number of aryl methyl sites for hydroxylation is 1. The van der Waals surface area contributed by atoms with Crippen LogP contribution in [0.3, 0.4) is 0 Å². The Hall–Kier alpha value is -2.62. The molecule has 2 aromatic carbocycles. The van der Waals surface area contributed by atoms with Crippen molar-refractivity contribution in [2.75, 3.05) is 5.73 Å². The number of hydrogen-bond acceptors (Lipinski definition) is 4. The largest absolute Gasteiger partial charge is 0.398 e. The van der Waals surface area contributed by atoms with Gasteiger partial charge in [-0.2, -0.15) is 4.98 Å². The first kappa shape index (κ1) is 14.7. The van der Waals surface area contributed by atoms with E-state index in [-0.39, 0.29) is 5.41 Å². The summed E-state index contributed by atoms with van der Waals surface area (Å²) in [5.41, 5.74) is 13.6. The Morgan fingerprint density at radius 3 is 2.64 bits per heavy atom. The van der Waals surface area contributed by atoms with Crippen LogP contribution in [-0.2, 0) is 11.8 Å². The van der Waals surface area contributed by atoms with Gasteiger partial charge in [-0.25, -0.2) is 0 Å². The average Bonchev–Trinajstić information content (AvgIpc) is 3.27. The zero-order valence-corrected chi connectivity index (χ0v) is 14.5. The van der Waals surface area contributed by atoms with E-state index in [1.165, 1.54) is 35.1 Å². The van der Waals surface area contributed by atoms with E-state index in [1.807, 2.05) is 6.92 Å². The highest BCUT2D eigenvalue weighted by Crippen LogP contribution is 2.53. The highest BCUT2D eigenvalue weighted by atomic mass is 16.5. The van der Waals surface area contributed by atoms with E-state index in [4.69, 9.17) is 10.3 Å². The number of benzene rings is 2. The minimum Gasteiger partial charge on any atom is -0.398 e. The molecule has 3 aromatic rings. The van der Waals surface area contributed by atoms with E-state index in [1.54, 1.807) is 0 Å². The summed E-state index contributed by atoms with van der Waals surface area (Å²) in [7, 11) is 0. The minimum absolute atomic E-state index is 0.286. The lowest BCUT2D eigenvalue weighted by Gasteiger charge is -2.29. The van der Waals surface area contributed by atoms with Gasteiger partial charge in [-0.3, -0.25) is 0 Å². The highest BCUT2D eigenvalue weighted by molar-refractivity contribution is 5.83. The van der Waals surface area contributed by atoms with Crippen LogP contribution in [0.4, 0.5) is 5.69 Å². The van der Waals surface area contributed by atoms with E-state index in [2.05, 4.69) is 53.5 Å². The third-order valence-corrected chi connectivity index (χ3v) is 5.98. The van der Waals surface area contributed by atoms with Crippen molar-refractivity contribution in [3.8, 4) is 11.1 Å². The highest BCUT2D eigenvalue weighted by Gasteiger charge is 2.48. The Kier molecular flexibility index (Phi) is 2.91. The number of anilines is 1. The van der Waals surface area contributed by atoms with Gasteiger partial charge in [-0.05, 0) is 53.5 Å². The lowest BCUT2D eigenvalue weighted by atomic mass is 9.75. The van der Waals surface area contributed by atoms with E-state index in [9.17, 15) is 0 Å². The number of fused-ring (bicyclic) bond motifs is 3. The number of aromatic nitrogens is 2. The summed E-state index contributed by atoms with van der Waals surface area (Å²) in [5, 5.41) is 4.26. The van der Waals surface area contributed by atoms with Crippen LogP contribution < -0.4 is 5.73 Å². The van der Waals surface area contributed by atoms with Crippen molar-refractivity contribution >= 4 is 5.69 Å². The zero-order valence-electron chi connectivity index (χ0n) is 14.5. The van der Waals surface area contributed by atoms with Gasteiger partial charge in [0, 0.05) is 19.0 Å². The third kappa shape index (κ3) is 2.00. The van der Waals surface area contributed by atoms with E-state index in [0.29, 0.717) is 11.8 Å². The van der Waals surface area contributed by atoms with E-state index >= 15 is 0 Å². The molecule has 0 aliphatic heterocycles. The van der Waals surface area contributed by atoms with Crippen LogP contribution >= 0.6 is 0 Å². The average molecular weight is 331 g/mol. The van der Waals surface area contributed by atoms with Crippen LogP contribution in [0.1, 0.15) is 48.2 Å². The van der Waals surface area contributed by atoms with Crippen LogP contribution in [0.25, 0.3) is 11.1 Å². The maximum atomic E-state index is 6.72. The molecule has 1 saturated carbocycles. The summed E-state index contributed by atoms with van der Waals surface area (Å²) in [5.74, 6) is 1.89. The molecule has 1 heterocycles. The van der Waals surface area contributed by atoms with Gasteiger partial charge >= 0.3 is 0 Å². The Bertz CT molecular complexity index is 987. The van der Waals surface area contributed by atoms with Gasteiger partial charge in [0.25, 0.3) is 0 Å². The second-order valence-electron chi connectivity index (χ2n) is 7.50. The molecule has 5 rings (SSSR count). The van der Waals surface area contributed by atoms with Gasteiger partial charge in [0.2, 0.25) is 5.89 Å². The van der Waals surface area contributed by atoms with E-state index < -0.39 is 0 Å². The zero-order chi connectivity index (χ0) is 17.2. The summed E-state index contributed by atoms with van der Waals surface area (Å²) in [6, 6.07) is 13.0. The monoisotopic (exact) mass is 331 g/mol. The summed E-state index contributed by atoms with van der Waals surface area (Å²) in [6.45, 7) is 4.06. The van der Waals surface area contributed by atoms with Gasteiger partial charge in [0.1, 0.15) is 0 Å². The molecule has 4 heteroatoms. The van der Waals surface area contributed by atoms with Crippen molar-refractivity contribution < 1.29 is 4.52 Å². The van der Waals surface area contributed by atoms with Crippen molar-refractivity contribution in [2.24, 2.45) is 5.92 Å². The number of nitrogens with two attached hydrogens (primary N) is 1. The fraction of sp³-hybridized carbons (Fsp3) is 0.333. The van der Waals surface area contributed by atoms with Crippen molar-refractivity contribution in [2.45, 2.75) is 38.5 Å². The minimum atomic E-state index is -0.286. The first-order chi connectivity index (χ1) is 12.1. The quantitative estimate of drug-likeness (QED) is 0.570. The Morgan fingerprint density at radius 2 is 1.92 bits per heavy atom. The molecule has 0 saturated heterocycles. The first-order valence-electron chi connectivity index (χ1n) is 8.90. The van der Waals surface area contributed by atoms with Gasteiger partial charge in [0.05, 0.1) is 5.41 Å². The fourth-order valence-corrected chi connectivity index (χ4v) is 4.38. The molecule has 126 valence electrons. The molecule has 2 N–H and O–H groups in total. The van der Waals surface area contributed by atoms with Crippen LogP contribution in [0.5, 0.6) is 0 Å². The molecule has 25 heavy (non-hydrogen) atoms.